The van der Waals surface area contributed by atoms with Gasteiger partial charge in [-0.05, 0) is 48.4 Å². The lowest BCUT2D eigenvalue weighted by Crippen LogP contribution is -2.16. The number of carboxylic acids is 2. The Labute approximate surface area is 162 Å². The van der Waals surface area contributed by atoms with Gasteiger partial charge in [-0.1, -0.05) is 29.8 Å². The summed E-state index contributed by atoms with van der Waals surface area (Å²) in [5, 5.41) is 19.0. The first-order chi connectivity index (χ1) is 12.9. The van der Waals surface area contributed by atoms with Crippen LogP contribution in [-0.4, -0.2) is 42.9 Å². The maximum atomic E-state index is 9.10. The number of rotatable bonds is 7. The predicted octanol–water partition coefficient (Wildman–Crippen LogP) is 2.85. The molecule has 0 fully saturated rings. The molecule has 0 aromatic heterocycles. The Hall–Kier alpha value is -2.77. The van der Waals surface area contributed by atoms with E-state index in [1.54, 1.807) is 14.2 Å². The quantitative estimate of drug-likeness (QED) is 0.489. The topological polar surface area (TPSA) is 105 Å². The van der Waals surface area contributed by atoms with E-state index in [-0.39, 0.29) is 0 Å². The van der Waals surface area contributed by atoms with Gasteiger partial charge in [-0.3, -0.25) is 0 Å². The lowest BCUT2D eigenvalue weighted by molar-refractivity contribution is -0.159. The molecule has 0 atom stereocenters. The van der Waals surface area contributed by atoms with Crippen LogP contribution in [0.1, 0.15) is 11.1 Å². The number of ether oxygens (including phenoxy) is 2. The summed E-state index contributed by atoms with van der Waals surface area (Å²) in [6, 6.07) is 13.9. The van der Waals surface area contributed by atoms with E-state index in [9.17, 15) is 0 Å². The zero-order valence-corrected chi connectivity index (χ0v) is 15.8. The molecule has 0 aliphatic rings. The molecule has 2 aromatic carbocycles. The first kappa shape index (κ1) is 22.3. The van der Waals surface area contributed by atoms with Crippen molar-refractivity contribution in [3.63, 3.8) is 0 Å². The molecule has 8 heteroatoms. The smallest absolute Gasteiger partial charge is 0.414 e. The molecule has 0 spiro atoms. The number of nitrogens with one attached hydrogen (secondary N) is 1. The van der Waals surface area contributed by atoms with Crippen LogP contribution in [0, 0.1) is 0 Å². The van der Waals surface area contributed by atoms with Crippen molar-refractivity contribution in [1.82, 2.24) is 5.32 Å². The molecule has 3 N–H and O–H groups in total. The van der Waals surface area contributed by atoms with Crippen LogP contribution < -0.4 is 14.8 Å². The third-order valence-electron chi connectivity index (χ3n) is 3.46. The molecule has 2 aromatic rings. The highest BCUT2D eigenvalue weighted by Gasteiger charge is 2.04. The Morgan fingerprint density at radius 1 is 0.926 bits per heavy atom. The Morgan fingerprint density at radius 2 is 1.48 bits per heavy atom. The largest absolute Gasteiger partial charge is 0.493 e. The van der Waals surface area contributed by atoms with Crippen LogP contribution in [-0.2, 0) is 22.6 Å². The van der Waals surface area contributed by atoms with Gasteiger partial charge in [0.15, 0.2) is 11.5 Å². The van der Waals surface area contributed by atoms with Crippen LogP contribution in [0.4, 0.5) is 0 Å². The van der Waals surface area contributed by atoms with Crippen LogP contribution in [0.5, 0.6) is 11.5 Å². The third-order valence-corrected chi connectivity index (χ3v) is 3.72. The normalized spacial score (nSPS) is 9.74. The van der Waals surface area contributed by atoms with Crippen molar-refractivity contribution < 1.29 is 29.3 Å². The summed E-state index contributed by atoms with van der Waals surface area (Å²) in [5.41, 5.74) is 2.45. The van der Waals surface area contributed by atoms with Crippen molar-refractivity contribution in [3.05, 3.63) is 58.6 Å². The number of halogens is 1. The Bertz CT molecular complexity index is 736. The highest BCUT2D eigenvalue weighted by molar-refractivity contribution is 6.30. The minimum absolute atomic E-state index is 0.752. The fraction of sp³-hybridized carbons (Fsp3) is 0.263. The Kier molecular flexibility index (Phi) is 9.71. The maximum Gasteiger partial charge on any atom is 0.414 e. The van der Waals surface area contributed by atoms with Crippen molar-refractivity contribution in [1.29, 1.82) is 0 Å². The zero-order valence-electron chi connectivity index (χ0n) is 15.1. The van der Waals surface area contributed by atoms with Gasteiger partial charge in [0.25, 0.3) is 0 Å². The van der Waals surface area contributed by atoms with Crippen molar-refractivity contribution in [3.8, 4) is 11.5 Å². The number of methoxy groups -OCH3 is 2. The van der Waals surface area contributed by atoms with Crippen LogP contribution in [0.3, 0.4) is 0 Å². The van der Waals surface area contributed by atoms with E-state index >= 15 is 0 Å². The molecule has 0 amide bonds. The zero-order chi connectivity index (χ0) is 20.2. The fourth-order valence-corrected chi connectivity index (χ4v) is 2.23. The number of carboxylic acid groups (broad SMARTS) is 2. The van der Waals surface area contributed by atoms with E-state index in [0.717, 1.165) is 36.0 Å². The monoisotopic (exact) mass is 395 g/mol. The lowest BCUT2D eigenvalue weighted by Gasteiger charge is -2.10. The molecule has 0 unspecified atom stereocenters. The van der Waals surface area contributed by atoms with Crippen molar-refractivity contribution >= 4 is 23.5 Å². The summed E-state index contributed by atoms with van der Waals surface area (Å²) in [4.78, 5) is 18.2. The van der Waals surface area contributed by atoms with E-state index < -0.39 is 11.9 Å². The summed E-state index contributed by atoms with van der Waals surface area (Å²) in [6.45, 7) is 1.71. The van der Waals surface area contributed by atoms with Gasteiger partial charge in [-0.25, -0.2) is 9.59 Å². The summed E-state index contributed by atoms with van der Waals surface area (Å²) in [6.07, 6.45) is 0.977. The standard InChI is InChI=1S/C17H20ClNO2.C2H2O4/c1-20-16-8-5-14(11-17(16)21-2)12-19-10-9-13-3-6-15(18)7-4-13;3-1(4)2(5)6/h3-8,11,19H,9-10,12H2,1-2H3;(H,3,4)(H,5,6). The molecule has 0 radical (unpaired) electrons. The minimum Gasteiger partial charge on any atom is -0.493 e. The van der Waals surface area contributed by atoms with E-state index in [0.29, 0.717) is 0 Å². The molecule has 0 aliphatic carbocycles. The second-order valence-corrected chi connectivity index (χ2v) is 5.79. The maximum absolute atomic E-state index is 9.10. The molecule has 0 bridgehead atoms. The van der Waals surface area contributed by atoms with Gasteiger partial charge in [0.05, 0.1) is 14.2 Å². The first-order valence-corrected chi connectivity index (χ1v) is 8.37. The van der Waals surface area contributed by atoms with Crippen LogP contribution in [0.2, 0.25) is 5.02 Å². The molecule has 0 heterocycles. The molecule has 7 nitrogen and oxygen atoms in total. The Morgan fingerprint density at radius 3 is 2.00 bits per heavy atom. The highest BCUT2D eigenvalue weighted by atomic mass is 35.5. The summed E-state index contributed by atoms with van der Waals surface area (Å²) in [7, 11) is 3.29. The second-order valence-electron chi connectivity index (χ2n) is 5.35. The molecule has 146 valence electrons. The van der Waals surface area contributed by atoms with Gasteiger partial charge >= 0.3 is 11.9 Å². The number of benzene rings is 2. The molecular formula is C19H22ClNO6. The summed E-state index contributed by atoms with van der Waals surface area (Å²) in [5.74, 6) is -2.14. The second kappa shape index (κ2) is 11.8. The van der Waals surface area contributed by atoms with Gasteiger partial charge < -0.3 is 25.0 Å². The van der Waals surface area contributed by atoms with Crippen LogP contribution in [0.15, 0.2) is 42.5 Å². The number of hydrogen-bond acceptors (Lipinski definition) is 5. The van der Waals surface area contributed by atoms with Crippen LogP contribution in [0.25, 0.3) is 0 Å². The fourth-order valence-electron chi connectivity index (χ4n) is 2.11. The SMILES string of the molecule is COc1ccc(CNCCc2ccc(Cl)cc2)cc1OC.O=C(O)C(=O)O. The molecule has 0 saturated heterocycles. The molecule has 0 saturated carbocycles. The number of carbonyl (C=O) groups is 2. The number of hydrogen-bond donors (Lipinski definition) is 3. The first-order valence-electron chi connectivity index (χ1n) is 7.99. The summed E-state index contributed by atoms with van der Waals surface area (Å²) >= 11 is 5.87. The van der Waals surface area contributed by atoms with Crippen LogP contribution >= 0.6 is 11.6 Å². The highest BCUT2D eigenvalue weighted by Crippen LogP contribution is 2.27. The van der Waals surface area contributed by atoms with E-state index in [1.807, 2.05) is 30.3 Å². The molecule has 27 heavy (non-hydrogen) atoms. The molecular weight excluding hydrogens is 374 g/mol. The predicted molar refractivity (Wildman–Crippen MR) is 102 cm³/mol. The van der Waals surface area contributed by atoms with E-state index in [2.05, 4.69) is 17.4 Å². The lowest BCUT2D eigenvalue weighted by atomic mass is 10.1. The van der Waals surface area contributed by atoms with Gasteiger partial charge in [0.2, 0.25) is 0 Å². The minimum atomic E-state index is -1.82. The van der Waals surface area contributed by atoms with Crippen molar-refractivity contribution in [2.45, 2.75) is 13.0 Å². The van der Waals surface area contributed by atoms with Crippen molar-refractivity contribution in [2.24, 2.45) is 0 Å². The van der Waals surface area contributed by atoms with Crippen molar-refractivity contribution in [2.75, 3.05) is 20.8 Å². The molecule has 2 rings (SSSR count). The Balaban J connectivity index is 0.000000527. The average Bonchev–Trinajstić information content (AvgIpc) is 2.66. The summed E-state index contributed by atoms with van der Waals surface area (Å²) < 4.78 is 10.5. The van der Waals surface area contributed by atoms with Gasteiger partial charge in [0.1, 0.15) is 0 Å². The van der Waals surface area contributed by atoms with Gasteiger partial charge in [0, 0.05) is 11.6 Å². The third kappa shape index (κ3) is 8.44. The van der Waals surface area contributed by atoms with E-state index in [4.69, 9.17) is 40.9 Å². The number of aliphatic carboxylic acids is 2. The van der Waals surface area contributed by atoms with Gasteiger partial charge in [-0.15, -0.1) is 0 Å². The average molecular weight is 396 g/mol. The van der Waals surface area contributed by atoms with E-state index in [1.165, 1.54) is 11.1 Å². The molecule has 0 aliphatic heterocycles. The van der Waals surface area contributed by atoms with Gasteiger partial charge in [-0.2, -0.15) is 0 Å².